The molecule has 0 amide bonds. The molecule has 0 fully saturated rings. The van der Waals surface area contributed by atoms with Gasteiger partial charge in [-0.15, -0.1) is 0 Å². The molecule has 0 unspecified atom stereocenters. The first-order valence-electron chi connectivity index (χ1n) is 5.76. The number of hydrogen-bond donors (Lipinski definition) is 0. The molecule has 0 atom stereocenters. The zero-order valence-corrected chi connectivity index (χ0v) is 10.8. The minimum absolute atomic E-state index is 0.609. The number of nitriles is 1. The van der Waals surface area contributed by atoms with Crippen molar-refractivity contribution in [3.8, 4) is 17.2 Å². The second-order valence-corrected chi connectivity index (χ2v) is 4.42. The molecule has 0 N–H and O–H groups in total. The van der Waals surface area contributed by atoms with E-state index in [4.69, 9.17) is 5.26 Å². The molecule has 1 heterocycles. The number of benzene rings is 1. The fourth-order valence-corrected chi connectivity index (χ4v) is 1.83. The van der Waals surface area contributed by atoms with Gasteiger partial charge in [0.15, 0.2) is 0 Å². The van der Waals surface area contributed by atoms with Crippen LogP contribution in [0.4, 0.5) is 5.69 Å². The van der Waals surface area contributed by atoms with E-state index in [0.717, 1.165) is 22.5 Å². The molecule has 2 rings (SSSR count). The zero-order chi connectivity index (χ0) is 13.1. The average Bonchev–Trinajstić information content (AvgIpc) is 2.39. The Bertz CT molecular complexity index is 592. The fraction of sp³-hybridized carbons (Fsp3) is 0.200. The summed E-state index contributed by atoms with van der Waals surface area (Å²) < 4.78 is 0. The van der Waals surface area contributed by atoms with Crippen LogP contribution in [0.5, 0.6) is 0 Å². The third kappa shape index (κ3) is 2.33. The van der Waals surface area contributed by atoms with Crippen LogP contribution in [0.1, 0.15) is 11.3 Å². The Balaban J connectivity index is 2.49. The molecule has 1 aromatic heterocycles. The summed E-state index contributed by atoms with van der Waals surface area (Å²) in [5, 5.41) is 9.12. The van der Waals surface area contributed by atoms with Crippen LogP contribution in [0.25, 0.3) is 11.1 Å². The Hall–Kier alpha value is -2.34. The minimum Gasteiger partial charge on any atom is -0.378 e. The van der Waals surface area contributed by atoms with Gasteiger partial charge in [-0.1, -0.05) is 12.1 Å². The Morgan fingerprint density at radius 1 is 1.17 bits per heavy atom. The lowest BCUT2D eigenvalue weighted by molar-refractivity contribution is 1.13. The topological polar surface area (TPSA) is 39.9 Å². The van der Waals surface area contributed by atoms with E-state index < -0.39 is 0 Å². The van der Waals surface area contributed by atoms with E-state index in [1.807, 2.05) is 56.3 Å². The third-order valence-electron chi connectivity index (χ3n) is 2.86. The van der Waals surface area contributed by atoms with Gasteiger partial charge >= 0.3 is 0 Å². The van der Waals surface area contributed by atoms with Crippen LogP contribution >= 0.6 is 0 Å². The Kier molecular flexibility index (Phi) is 3.29. The fourth-order valence-electron chi connectivity index (χ4n) is 1.83. The van der Waals surface area contributed by atoms with Crippen LogP contribution in [-0.2, 0) is 0 Å². The standard InChI is InChI=1S/C15H15N3/c1-11-8-15(13(9-16)10-17-11)12-4-6-14(7-5-12)18(2)3/h4-8,10H,1-3H3. The Morgan fingerprint density at radius 2 is 1.83 bits per heavy atom. The zero-order valence-electron chi connectivity index (χ0n) is 10.8. The quantitative estimate of drug-likeness (QED) is 0.806. The number of aromatic nitrogens is 1. The molecule has 3 nitrogen and oxygen atoms in total. The molecule has 0 aliphatic heterocycles. The third-order valence-corrected chi connectivity index (χ3v) is 2.86. The SMILES string of the molecule is Cc1cc(-c2ccc(N(C)C)cc2)c(C#N)cn1. The number of hydrogen-bond acceptors (Lipinski definition) is 3. The lowest BCUT2D eigenvalue weighted by Crippen LogP contribution is -2.07. The molecule has 0 radical (unpaired) electrons. The van der Waals surface area contributed by atoms with Crippen molar-refractivity contribution in [2.75, 3.05) is 19.0 Å². The van der Waals surface area contributed by atoms with E-state index in [1.54, 1.807) is 6.20 Å². The van der Waals surface area contributed by atoms with Crippen molar-refractivity contribution in [1.82, 2.24) is 4.98 Å². The second-order valence-electron chi connectivity index (χ2n) is 4.42. The molecule has 0 aliphatic carbocycles. The monoisotopic (exact) mass is 237 g/mol. The second kappa shape index (κ2) is 4.89. The molecule has 0 bridgehead atoms. The highest BCUT2D eigenvalue weighted by molar-refractivity contribution is 5.71. The number of pyridine rings is 1. The highest BCUT2D eigenvalue weighted by Crippen LogP contribution is 2.25. The first kappa shape index (κ1) is 12.1. The van der Waals surface area contributed by atoms with Crippen molar-refractivity contribution >= 4 is 5.69 Å². The maximum absolute atomic E-state index is 9.12. The van der Waals surface area contributed by atoms with E-state index in [1.165, 1.54) is 0 Å². The first-order valence-corrected chi connectivity index (χ1v) is 5.76. The number of nitrogens with zero attached hydrogens (tertiary/aromatic N) is 3. The van der Waals surface area contributed by atoms with Gasteiger partial charge in [0.2, 0.25) is 0 Å². The first-order chi connectivity index (χ1) is 8.61. The summed E-state index contributed by atoms with van der Waals surface area (Å²) in [6.45, 7) is 1.93. The van der Waals surface area contributed by atoms with Crippen LogP contribution in [0.3, 0.4) is 0 Å². The summed E-state index contributed by atoms with van der Waals surface area (Å²) in [5.41, 5.74) is 4.65. The molecule has 3 heteroatoms. The molecule has 90 valence electrons. The van der Waals surface area contributed by atoms with Crippen molar-refractivity contribution in [3.63, 3.8) is 0 Å². The van der Waals surface area contributed by atoms with Crippen LogP contribution in [-0.4, -0.2) is 19.1 Å². The normalized spacial score (nSPS) is 9.89. The van der Waals surface area contributed by atoms with Gasteiger partial charge in [-0.25, -0.2) is 0 Å². The van der Waals surface area contributed by atoms with Gasteiger partial charge in [0, 0.05) is 37.2 Å². The maximum atomic E-state index is 9.12. The Labute approximate surface area is 107 Å². The smallest absolute Gasteiger partial charge is 0.101 e. The highest BCUT2D eigenvalue weighted by atomic mass is 15.1. The van der Waals surface area contributed by atoms with E-state index in [0.29, 0.717) is 5.56 Å². The predicted molar refractivity (Wildman–Crippen MR) is 73.5 cm³/mol. The van der Waals surface area contributed by atoms with Crippen LogP contribution < -0.4 is 4.90 Å². The molecule has 0 saturated heterocycles. The van der Waals surface area contributed by atoms with Crippen LogP contribution in [0, 0.1) is 18.3 Å². The van der Waals surface area contributed by atoms with Crippen molar-refractivity contribution in [2.45, 2.75) is 6.92 Å². The van der Waals surface area contributed by atoms with Crippen molar-refractivity contribution in [2.24, 2.45) is 0 Å². The van der Waals surface area contributed by atoms with Gasteiger partial charge in [-0.2, -0.15) is 5.26 Å². The molecular formula is C15H15N3. The average molecular weight is 237 g/mol. The van der Waals surface area contributed by atoms with Gasteiger partial charge in [-0.3, -0.25) is 4.98 Å². The lowest BCUT2D eigenvalue weighted by atomic mass is 10.0. The van der Waals surface area contributed by atoms with Crippen LogP contribution in [0.2, 0.25) is 0 Å². The lowest BCUT2D eigenvalue weighted by Gasteiger charge is -2.13. The summed E-state index contributed by atoms with van der Waals surface area (Å²) in [7, 11) is 4.01. The highest BCUT2D eigenvalue weighted by Gasteiger charge is 2.06. The number of anilines is 1. The predicted octanol–water partition coefficient (Wildman–Crippen LogP) is 2.99. The molecule has 0 spiro atoms. The molecule has 1 aromatic carbocycles. The minimum atomic E-state index is 0.609. The van der Waals surface area contributed by atoms with E-state index >= 15 is 0 Å². The van der Waals surface area contributed by atoms with Gasteiger partial charge in [0.05, 0.1) is 5.56 Å². The van der Waals surface area contributed by atoms with Crippen molar-refractivity contribution in [3.05, 3.63) is 47.8 Å². The summed E-state index contributed by atoms with van der Waals surface area (Å²) in [6, 6.07) is 12.3. The van der Waals surface area contributed by atoms with Crippen molar-refractivity contribution < 1.29 is 0 Å². The maximum Gasteiger partial charge on any atom is 0.101 e. The van der Waals surface area contributed by atoms with E-state index in [2.05, 4.69) is 11.1 Å². The van der Waals surface area contributed by atoms with Gasteiger partial charge in [0.25, 0.3) is 0 Å². The molecular weight excluding hydrogens is 222 g/mol. The summed E-state index contributed by atoms with van der Waals surface area (Å²) in [6.07, 6.45) is 1.63. The van der Waals surface area contributed by atoms with E-state index in [9.17, 15) is 0 Å². The molecule has 18 heavy (non-hydrogen) atoms. The number of aryl methyl sites for hydroxylation is 1. The van der Waals surface area contributed by atoms with Crippen LogP contribution in [0.15, 0.2) is 36.5 Å². The van der Waals surface area contributed by atoms with Gasteiger partial charge in [-0.05, 0) is 30.7 Å². The van der Waals surface area contributed by atoms with Crippen molar-refractivity contribution in [1.29, 1.82) is 5.26 Å². The van der Waals surface area contributed by atoms with Gasteiger partial charge < -0.3 is 4.90 Å². The number of rotatable bonds is 2. The summed E-state index contributed by atoms with van der Waals surface area (Å²) in [5.74, 6) is 0. The largest absolute Gasteiger partial charge is 0.378 e. The van der Waals surface area contributed by atoms with E-state index in [-0.39, 0.29) is 0 Å². The molecule has 2 aromatic rings. The molecule has 0 aliphatic rings. The summed E-state index contributed by atoms with van der Waals surface area (Å²) >= 11 is 0. The Morgan fingerprint density at radius 3 is 2.39 bits per heavy atom. The molecule has 0 saturated carbocycles. The van der Waals surface area contributed by atoms with Gasteiger partial charge in [0.1, 0.15) is 6.07 Å². The summed E-state index contributed by atoms with van der Waals surface area (Å²) in [4.78, 5) is 6.20.